The van der Waals surface area contributed by atoms with Gasteiger partial charge in [-0.2, -0.15) is 0 Å². The molecule has 1 saturated heterocycles. The Kier molecular flexibility index (Phi) is 6.85. The molecule has 4 rings (SSSR count). The van der Waals surface area contributed by atoms with Gasteiger partial charge in [0.2, 0.25) is 0 Å². The third kappa shape index (κ3) is 4.82. The van der Waals surface area contributed by atoms with Crippen molar-refractivity contribution in [3.05, 3.63) is 71.0 Å². The van der Waals surface area contributed by atoms with Crippen LogP contribution in [0, 0.1) is 12.7 Å². The summed E-state index contributed by atoms with van der Waals surface area (Å²) in [5.41, 5.74) is 2.25. The molecule has 1 fully saturated rings. The number of nitrogens with zero attached hydrogens (tertiary/aromatic N) is 3. The number of amides is 1. The molecule has 1 N–H and O–H groups in total. The number of piperidine rings is 1. The third-order valence-corrected chi connectivity index (χ3v) is 6.01. The number of aryl methyl sites for hydroxylation is 1. The highest BCUT2D eigenvalue weighted by molar-refractivity contribution is 6.30. The molecule has 7 nitrogen and oxygen atoms in total. The number of carbonyl (C=O) groups is 1. The van der Waals surface area contributed by atoms with Crippen LogP contribution in [0.2, 0.25) is 5.02 Å². The largest absolute Gasteiger partial charge is 0.494 e. The Labute approximate surface area is 196 Å². The van der Waals surface area contributed by atoms with Crippen LogP contribution in [0.4, 0.5) is 4.39 Å². The second kappa shape index (κ2) is 9.80. The van der Waals surface area contributed by atoms with E-state index in [0.29, 0.717) is 36.4 Å². The first-order valence-corrected chi connectivity index (χ1v) is 11.0. The van der Waals surface area contributed by atoms with Crippen LogP contribution in [0.3, 0.4) is 0 Å². The summed E-state index contributed by atoms with van der Waals surface area (Å²) in [6.45, 7) is 2.05. The first-order valence-electron chi connectivity index (χ1n) is 10.6. The molecule has 2 aromatic carbocycles. The van der Waals surface area contributed by atoms with Gasteiger partial charge in [0.15, 0.2) is 6.10 Å². The van der Waals surface area contributed by atoms with E-state index < -0.39 is 18.0 Å². The first kappa shape index (κ1) is 23.1. The molecule has 3 aromatic rings. The Morgan fingerprint density at radius 2 is 2.12 bits per heavy atom. The van der Waals surface area contributed by atoms with Crippen LogP contribution in [-0.4, -0.2) is 51.8 Å². The third-order valence-electron chi connectivity index (χ3n) is 5.72. The van der Waals surface area contributed by atoms with Crippen LogP contribution >= 0.6 is 11.6 Å². The average Bonchev–Trinajstić information content (AvgIpc) is 3.25. The van der Waals surface area contributed by atoms with Crippen LogP contribution in [0.1, 0.15) is 30.1 Å². The number of aromatic nitrogens is 2. The molecule has 1 aliphatic rings. The summed E-state index contributed by atoms with van der Waals surface area (Å²) in [4.78, 5) is 19.0. The predicted octanol–water partition coefficient (Wildman–Crippen LogP) is 4.09. The summed E-state index contributed by atoms with van der Waals surface area (Å²) in [7, 11) is 1.57. The lowest BCUT2D eigenvalue weighted by Gasteiger charge is -2.37. The number of likely N-dealkylation sites (tertiary alicyclic amines) is 1. The Hall–Kier alpha value is -3.10. The summed E-state index contributed by atoms with van der Waals surface area (Å²) in [5, 5.41) is 9.95. The van der Waals surface area contributed by atoms with Gasteiger partial charge in [0.05, 0.1) is 42.5 Å². The van der Waals surface area contributed by atoms with Crippen molar-refractivity contribution in [3.8, 4) is 17.2 Å². The standard InChI is InChI=1S/C24H25ClFN3O4/c1-15-12-28(14-27-15)20-8-6-17(11-23(20)32-2)33-22-4-3-9-29(24(22)31)21(13-30)16-5-7-19(26)18(25)10-16/h5-8,10-12,14,21-22,30H,3-4,9,13H2,1-2H3. The lowest BCUT2D eigenvalue weighted by atomic mass is 10.00. The van der Waals surface area contributed by atoms with E-state index in [1.54, 1.807) is 30.5 Å². The molecule has 2 heterocycles. The van der Waals surface area contributed by atoms with Crippen molar-refractivity contribution in [2.24, 2.45) is 0 Å². The van der Waals surface area contributed by atoms with E-state index in [9.17, 15) is 14.3 Å². The molecule has 0 bridgehead atoms. The van der Waals surface area contributed by atoms with Crippen molar-refractivity contribution in [2.45, 2.75) is 31.9 Å². The fourth-order valence-corrected chi connectivity index (χ4v) is 4.24. The van der Waals surface area contributed by atoms with E-state index >= 15 is 0 Å². The number of benzene rings is 2. The van der Waals surface area contributed by atoms with Crippen LogP contribution < -0.4 is 9.47 Å². The van der Waals surface area contributed by atoms with Gasteiger partial charge in [-0.05, 0) is 49.6 Å². The van der Waals surface area contributed by atoms with Crippen molar-refractivity contribution < 1.29 is 23.8 Å². The molecular weight excluding hydrogens is 449 g/mol. The van der Waals surface area contributed by atoms with Crippen molar-refractivity contribution in [3.63, 3.8) is 0 Å². The Morgan fingerprint density at radius 3 is 2.79 bits per heavy atom. The van der Waals surface area contributed by atoms with Crippen LogP contribution in [-0.2, 0) is 4.79 Å². The molecule has 174 valence electrons. The van der Waals surface area contributed by atoms with Gasteiger partial charge in [-0.15, -0.1) is 0 Å². The summed E-state index contributed by atoms with van der Waals surface area (Å²) >= 11 is 5.91. The van der Waals surface area contributed by atoms with Gasteiger partial charge in [-0.25, -0.2) is 9.37 Å². The number of aliphatic hydroxyl groups is 1. The number of carbonyl (C=O) groups excluding carboxylic acids is 1. The molecular formula is C24H25ClFN3O4. The highest BCUT2D eigenvalue weighted by atomic mass is 35.5. The van der Waals surface area contributed by atoms with E-state index in [2.05, 4.69) is 4.98 Å². The van der Waals surface area contributed by atoms with Gasteiger partial charge < -0.3 is 24.0 Å². The Morgan fingerprint density at radius 1 is 1.30 bits per heavy atom. The number of halogens is 2. The first-order chi connectivity index (χ1) is 15.9. The number of imidazole rings is 1. The maximum atomic E-state index is 13.6. The molecule has 9 heteroatoms. The molecule has 0 aliphatic carbocycles. The van der Waals surface area contributed by atoms with Gasteiger partial charge in [0, 0.05) is 18.8 Å². The molecule has 33 heavy (non-hydrogen) atoms. The number of aliphatic hydroxyl groups excluding tert-OH is 1. The number of hydrogen-bond donors (Lipinski definition) is 1. The minimum atomic E-state index is -0.713. The lowest BCUT2D eigenvalue weighted by Crippen LogP contribution is -2.49. The summed E-state index contributed by atoms with van der Waals surface area (Å²) in [6.07, 6.45) is 4.12. The fourth-order valence-electron chi connectivity index (χ4n) is 4.05. The molecule has 0 radical (unpaired) electrons. The smallest absolute Gasteiger partial charge is 0.264 e. The van der Waals surface area contributed by atoms with Gasteiger partial charge >= 0.3 is 0 Å². The monoisotopic (exact) mass is 473 g/mol. The van der Waals surface area contributed by atoms with Crippen molar-refractivity contribution in [1.82, 2.24) is 14.5 Å². The van der Waals surface area contributed by atoms with E-state index in [1.165, 1.54) is 18.2 Å². The molecule has 1 aliphatic heterocycles. The van der Waals surface area contributed by atoms with Crippen LogP contribution in [0.25, 0.3) is 5.69 Å². The van der Waals surface area contributed by atoms with Crippen molar-refractivity contribution in [1.29, 1.82) is 0 Å². The summed E-state index contributed by atoms with van der Waals surface area (Å²) < 4.78 is 27.0. The minimum Gasteiger partial charge on any atom is -0.494 e. The van der Waals surface area contributed by atoms with Gasteiger partial charge in [-0.3, -0.25) is 4.79 Å². The zero-order valence-electron chi connectivity index (χ0n) is 18.4. The SMILES string of the molecule is COc1cc(OC2CCCN(C(CO)c3ccc(F)c(Cl)c3)C2=O)ccc1-n1cnc(C)c1. The second-order valence-corrected chi connectivity index (χ2v) is 8.32. The summed E-state index contributed by atoms with van der Waals surface area (Å²) in [6, 6.07) is 8.93. The average molecular weight is 474 g/mol. The number of methoxy groups -OCH3 is 1. The van der Waals surface area contributed by atoms with Gasteiger partial charge in [0.1, 0.15) is 17.3 Å². The minimum absolute atomic E-state index is 0.0523. The zero-order chi connectivity index (χ0) is 23.5. The molecule has 2 atom stereocenters. The lowest BCUT2D eigenvalue weighted by molar-refractivity contribution is -0.146. The fraction of sp³-hybridized carbons (Fsp3) is 0.333. The number of rotatable bonds is 7. The normalized spacial score (nSPS) is 17.2. The zero-order valence-corrected chi connectivity index (χ0v) is 19.1. The maximum absolute atomic E-state index is 13.6. The van der Waals surface area contributed by atoms with Gasteiger partial charge in [0.25, 0.3) is 5.91 Å². The maximum Gasteiger partial charge on any atom is 0.264 e. The highest BCUT2D eigenvalue weighted by Crippen LogP contribution is 2.32. The molecule has 2 unspecified atom stereocenters. The van der Waals surface area contributed by atoms with E-state index in [-0.39, 0.29) is 17.5 Å². The Balaban J connectivity index is 1.54. The number of hydrogen-bond acceptors (Lipinski definition) is 5. The van der Waals surface area contributed by atoms with Crippen LogP contribution in [0.15, 0.2) is 48.9 Å². The topological polar surface area (TPSA) is 76.8 Å². The van der Waals surface area contributed by atoms with Gasteiger partial charge in [-0.1, -0.05) is 17.7 Å². The van der Waals surface area contributed by atoms with E-state index in [1.807, 2.05) is 23.8 Å². The molecule has 0 saturated carbocycles. The molecule has 1 amide bonds. The highest BCUT2D eigenvalue weighted by Gasteiger charge is 2.35. The summed E-state index contributed by atoms with van der Waals surface area (Å²) in [5.74, 6) is 0.290. The van der Waals surface area contributed by atoms with Crippen LogP contribution in [0.5, 0.6) is 11.5 Å². The van der Waals surface area contributed by atoms with E-state index in [4.69, 9.17) is 21.1 Å². The predicted molar refractivity (Wildman–Crippen MR) is 121 cm³/mol. The molecule has 1 aromatic heterocycles. The van der Waals surface area contributed by atoms with Crippen molar-refractivity contribution >= 4 is 17.5 Å². The van der Waals surface area contributed by atoms with Crippen molar-refractivity contribution in [2.75, 3.05) is 20.3 Å². The van der Waals surface area contributed by atoms with E-state index in [0.717, 1.165) is 11.4 Å². The molecule has 0 spiro atoms. The second-order valence-electron chi connectivity index (χ2n) is 7.91. The quantitative estimate of drug-likeness (QED) is 0.559. The Bertz CT molecular complexity index is 1150. The number of ether oxygens (including phenoxy) is 2.